The second-order valence-corrected chi connectivity index (χ2v) is 4.54. The summed E-state index contributed by atoms with van der Waals surface area (Å²) in [4.78, 5) is 14.7. The Bertz CT molecular complexity index is 294. The van der Waals surface area contributed by atoms with E-state index in [4.69, 9.17) is 4.74 Å². The fourth-order valence-corrected chi connectivity index (χ4v) is 2.13. The highest BCUT2D eigenvalue weighted by molar-refractivity contribution is 7.10. The first-order chi connectivity index (χ1) is 7.76. The monoisotopic (exact) mass is 241 g/mol. The average Bonchev–Trinajstić information content (AvgIpc) is 2.77. The molecule has 0 radical (unpaired) electrons. The molecule has 0 fully saturated rings. The molecule has 16 heavy (non-hydrogen) atoms. The number of nitrogens with zero attached hydrogens (tertiary/aromatic N) is 1. The van der Waals surface area contributed by atoms with E-state index in [0.29, 0.717) is 13.0 Å². The lowest BCUT2D eigenvalue weighted by atomic mass is 10.3. The average molecular weight is 241 g/mol. The number of likely N-dealkylation sites (N-methyl/N-ethyl adjacent to an activating group) is 1. The fourth-order valence-electron chi connectivity index (χ4n) is 1.43. The van der Waals surface area contributed by atoms with Crippen LogP contribution in [0.4, 0.5) is 0 Å². The highest BCUT2D eigenvalue weighted by atomic mass is 32.1. The lowest BCUT2D eigenvalue weighted by Crippen LogP contribution is -2.28. The molecular formula is C12H19NO2S. The Labute approximate surface area is 101 Å². The molecule has 1 aromatic heterocycles. The van der Waals surface area contributed by atoms with Gasteiger partial charge in [-0.25, -0.2) is 0 Å². The Hall–Kier alpha value is -0.870. The molecule has 0 amide bonds. The Morgan fingerprint density at radius 3 is 2.75 bits per heavy atom. The lowest BCUT2D eigenvalue weighted by Gasteiger charge is -2.17. The van der Waals surface area contributed by atoms with Crippen LogP contribution in [0.15, 0.2) is 17.5 Å². The Morgan fingerprint density at radius 2 is 2.19 bits per heavy atom. The molecule has 1 rings (SSSR count). The van der Waals surface area contributed by atoms with E-state index in [-0.39, 0.29) is 5.97 Å². The van der Waals surface area contributed by atoms with Gasteiger partial charge in [0.1, 0.15) is 6.61 Å². The molecule has 0 aliphatic carbocycles. The molecule has 0 saturated carbocycles. The number of esters is 1. The van der Waals surface area contributed by atoms with E-state index in [2.05, 4.69) is 18.7 Å². The zero-order valence-electron chi connectivity index (χ0n) is 9.94. The third kappa shape index (κ3) is 4.77. The SMILES string of the molecule is CCN(CC)CCOC(=O)Cc1cccs1. The van der Waals surface area contributed by atoms with E-state index in [9.17, 15) is 4.79 Å². The van der Waals surface area contributed by atoms with Crippen molar-refractivity contribution in [3.8, 4) is 0 Å². The van der Waals surface area contributed by atoms with Crippen LogP contribution in [-0.4, -0.2) is 37.1 Å². The van der Waals surface area contributed by atoms with Gasteiger partial charge in [-0.1, -0.05) is 19.9 Å². The van der Waals surface area contributed by atoms with Crippen LogP contribution in [0.1, 0.15) is 18.7 Å². The van der Waals surface area contributed by atoms with E-state index in [0.717, 1.165) is 24.5 Å². The summed E-state index contributed by atoms with van der Waals surface area (Å²) in [5, 5.41) is 1.97. The van der Waals surface area contributed by atoms with Crippen molar-refractivity contribution in [2.45, 2.75) is 20.3 Å². The summed E-state index contributed by atoms with van der Waals surface area (Å²) in [5.74, 6) is -0.130. The molecule has 0 bridgehead atoms. The van der Waals surface area contributed by atoms with Crippen molar-refractivity contribution in [1.29, 1.82) is 0 Å². The number of carbonyl (C=O) groups excluding carboxylic acids is 1. The summed E-state index contributed by atoms with van der Waals surface area (Å²) in [5.41, 5.74) is 0. The van der Waals surface area contributed by atoms with Gasteiger partial charge in [0.05, 0.1) is 6.42 Å². The molecule has 0 N–H and O–H groups in total. The van der Waals surface area contributed by atoms with Crippen molar-refractivity contribution in [3.05, 3.63) is 22.4 Å². The second-order valence-electron chi connectivity index (χ2n) is 3.50. The largest absolute Gasteiger partial charge is 0.464 e. The van der Waals surface area contributed by atoms with Crippen LogP contribution >= 0.6 is 11.3 Å². The van der Waals surface area contributed by atoms with Crippen LogP contribution in [0.3, 0.4) is 0 Å². The van der Waals surface area contributed by atoms with Gasteiger partial charge in [0.2, 0.25) is 0 Å². The summed E-state index contributed by atoms with van der Waals surface area (Å²) in [6.45, 7) is 7.53. The normalized spacial score (nSPS) is 10.7. The Kier molecular flexibility index (Phi) is 6.11. The van der Waals surface area contributed by atoms with Gasteiger partial charge in [-0.15, -0.1) is 11.3 Å². The van der Waals surface area contributed by atoms with E-state index >= 15 is 0 Å². The summed E-state index contributed by atoms with van der Waals surface area (Å²) < 4.78 is 5.18. The van der Waals surface area contributed by atoms with Gasteiger partial charge in [-0.05, 0) is 24.5 Å². The van der Waals surface area contributed by atoms with Crippen LogP contribution in [-0.2, 0) is 16.0 Å². The topological polar surface area (TPSA) is 29.5 Å². The minimum Gasteiger partial charge on any atom is -0.464 e. The van der Waals surface area contributed by atoms with Gasteiger partial charge < -0.3 is 9.64 Å². The van der Waals surface area contributed by atoms with Crippen LogP contribution in [0, 0.1) is 0 Å². The summed E-state index contributed by atoms with van der Waals surface area (Å²) >= 11 is 1.59. The smallest absolute Gasteiger partial charge is 0.311 e. The number of ether oxygens (including phenoxy) is 1. The molecule has 1 heterocycles. The zero-order chi connectivity index (χ0) is 11.8. The van der Waals surface area contributed by atoms with Crippen molar-refractivity contribution in [2.75, 3.05) is 26.2 Å². The third-order valence-electron chi connectivity index (χ3n) is 2.46. The van der Waals surface area contributed by atoms with Crippen molar-refractivity contribution in [3.63, 3.8) is 0 Å². The van der Waals surface area contributed by atoms with Crippen molar-refractivity contribution in [2.24, 2.45) is 0 Å². The van der Waals surface area contributed by atoms with E-state index in [1.807, 2.05) is 17.5 Å². The second kappa shape index (κ2) is 7.41. The number of hydrogen-bond acceptors (Lipinski definition) is 4. The maximum atomic E-state index is 11.4. The van der Waals surface area contributed by atoms with Crippen LogP contribution in [0.5, 0.6) is 0 Å². The number of rotatable bonds is 7. The number of thiophene rings is 1. The molecule has 0 atom stereocenters. The first kappa shape index (κ1) is 13.2. The van der Waals surface area contributed by atoms with E-state index in [1.54, 1.807) is 11.3 Å². The van der Waals surface area contributed by atoms with Crippen molar-refractivity contribution < 1.29 is 9.53 Å². The minimum absolute atomic E-state index is 0.130. The van der Waals surface area contributed by atoms with Crippen molar-refractivity contribution >= 4 is 17.3 Å². The molecule has 0 saturated heterocycles. The maximum absolute atomic E-state index is 11.4. The van der Waals surface area contributed by atoms with Crippen molar-refractivity contribution in [1.82, 2.24) is 4.90 Å². The summed E-state index contributed by atoms with van der Waals surface area (Å²) in [6, 6.07) is 3.90. The first-order valence-electron chi connectivity index (χ1n) is 5.66. The minimum atomic E-state index is -0.130. The molecule has 0 unspecified atom stereocenters. The highest BCUT2D eigenvalue weighted by Crippen LogP contribution is 2.09. The van der Waals surface area contributed by atoms with Gasteiger partial charge in [0, 0.05) is 11.4 Å². The Balaban J connectivity index is 2.15. The molecular weight excluding hydrogens is 222 g/mol. The summed E-state index contributed by atoms with van der Waals surface area (Å²) in [7, 11) is 0. The predicted octanol–water partition coefficient (Wildman–Crippen LogP) is 2.18. The molecule has 90 valence electrons. The molecule has 0 spiro atoms. The molecule has 0 aromatic carbocycles. The van der Waals surface area contributed by atoms with Gasteiger partial charge in [-0.2, -0.15) is 0 Å². The molecule has 4 heteroatoms. The van der Waals surface area contributed by atoms with E-state index < -0.39 is 0 Å². The van der Waals surface area contributed by atoms with Crippen LogP contribution in [0.2, 0.25) is 0 Å². The molecule has 1 aromatic rings. The van der Waals surface area contributed by atoms with Crippen LogP contribution < -0.4 is 0 Å². The zero-order valence-corrected chi connectivity index (χ0v) is 10.8. The molecule has 3 nitrogen and oxygen atoms in total. The third-order valence-corrected chi connectivity index (χ3v) is 3.34. The van der Waals surface area contributed by atoms with Gasteiger partial charge >= 0.3 is 5.97 Å². The number of carbonyl (C=O) groups is 1. The fraction of sp³-hybridized carbons (Fsp3) is 0.583. The lowest BCUT2D eigenvalue weighted by molar-refractivity contribution is -0.143. The standard InChI is InChI=1S/C12H19NO2S/c1-3-13(4-2)7-8-15-12(14)10-11-6-5-9-16-11/h5-6,9H,3-4,7-8,10H2,1-2H3. The molecule has 0 aliphatic rings. The van der Waals surface area contributed by atoms with E-state index in [1.165, 1.54) is 0 Å². The first-order valence-corrected chi connectivity index (χ1v) is 6.54. The Morgan fingerprint density at radius 1 is 1.44 bits per heavy atom. The van der Waals surface area contributed by atoms with Gasteiger partial charge in [0.25, 0.3) is 0 Å². The quantitative estimate of drug-likeness (QED) is 0.685. The van der Waals surface area contributed by atoms with Gasteiger partial charge in [-0.3, -0.25) is 4.79 Å². The highest BCUT2D eigenvalue weighted by Gasteiger charge is 2.06. The molecule has 0 aliphatic heterocycles. The van der Waals surface area contributed by atoms with Crippen LogP contribution in [0.25, 0.3) is 0 Å². The predicted molar refractivity (Wildman–Crippen MR) is 66.8 cm³/mol. The number of hydrogen-bond donors (Lipinski definition) is 0. The summed E-state index contributed by atoms with van der Waals surface area (Å²) in [6.07, 6.45) is 0.399. The maximum Gasteiger partial charge on any atom is 0.311 e. The van der Waals surface area contributed by atoms with Gasteiger partial charge in [0.15, 0.2) is 0 Å².